The lowest BCUT2D eigenvalue weighted by molar-refractivity contribution is -0.133. The first-order chi connectivity index (χ1) is 14.6. The first-order valence-corrected chi connectivity index (χ1v) is 11.1. The maximum absolute atomic E-state index is 13.0. The summed E-state index contributed by atoms with van der Waals surface area (Å²) in [5, 5.41) is 2.03. The van der Waals surface area contributed by atoms with Crippen LogP contribution in [0.15, 0.2) is 42.5 Å². The predicted octanol–water partition coefficient (Wildman–Crippen LogP) is 3.84. The molecule has 0 bridgehead atoms. The van der Waals surface area contributed by atoms with Gasteiger partial charge in [0.05, 0.1) is 6.54 Å². The molecule has 0 aliphatic carbocycles. The highest BCUT2D eigenvalue weighted by Gasteiger charge is 2.26. The number of H-pyrrole nitrogens is 1. The minimum absolute atomic E-state index is 0.235. The zero-order chi connectivity index (χ0) is 20.7. The molecule has 5 nitrogen and oxygen atoms in total. The third kappa shape index (κ3) is 3.80. The highest BCUT2D eigenvalue weighted by atomic mass is 35.5. The SMILES string of the molecule is Cc1ccc2[nH]c3c(c2c1)CN(C(=O)CN1CCN(c2cccc(Cl)c2)CC1)CC3. The molecule has 0 radical (unpaired) electrons. The molecule has 6 heteroatoms. The molecule has 2 aliphatic heterocycles. The van der Waals surface area contributed by atoms with Crippen LogP contribution in [0.5, 0.6) is 0 Å². The van der Waals surface area contributed by atoms with Crippen LogP contribution in [0.2, 0.25) is 5.02 Å². The molecule has 5 rings (SSSR count). The van der Waals surface area contributed by atoms with Crippen LogP contribution in [-0.2, 0) is 17.8 Å². The third-order valence-electron chi connectivity index (χ3n) is 6.39. The van der Waals surface area contributed by atoms with Gasteiger partial charge >= 0.3 is 0 Å². The molecule has 0 atom stereocenters. The molecule has 1 aromatic heterocycles. The van der Waals surface area contributed by atoms with Crippen LogP contribution < -0.4 is 4.90 Å². The van der Waals surface area contributed by atoms with Crippen LogP contribution in [0.1, 0.15) is 16.8 Å². The van der Waals surface area contributed by atoms with E-state index in [4.69, 9.17) is 11.6 Å². The molecule has 0 saturated carbocycles. The molecule has 0 unspecified atom stereocenters. The molecule has 156 valence electrons. The van der Waals surface area contributed by atoms with Crippen LogP contribution in [-0.4, -0.2) is 60.0 Å². The van der Waals surface area contributed by atoms with E-state index >= 15 is 0 Å². The quantitative estimate of drug-likeness (QED) is 0.697. The second kappa shape index (κ2) is 7.97. The average molecular weight is 423 g/mol. The Morgan fingerprint density at radius 1 is 1.07 bits per heavy atom. The zero-order valence-corrected chi connectivity index (χ0v) is 18.1. The van der Waals surface area contributed by atoms with E-state index in [1.165, 1.54) is 27.7 Å². The second-order valence-corrected chi connectivity index (χ2v) is 8.88. The van der Waals surface area contributed by atoms with Crippen molar-refractivity contribution in [3.63, 3.8) is 0 Å². The van der Waals surface area contributed by atoms with Crippen LogP contribution in [0.3, 0.4) is 0 Å². The molecule has 1 saturated heterocycles. The number of rotatable bonds is 3. The van der Waals surface area contributed by atoms with E-state index in [2.05, 4.69) is 46.0 Å². The summed E-state index contributed by atoms with van der Waals surface area (Å²) in [6.07, 6.45) is 0.900. The fourth-order valence-corrected chi connectivity index (χ4v) is 4.85. The van der Waals surface area contributed by atoms with Crippen molar-refractivity contribution in [2.75, 3.05) is 44.2 Å². The summed E-state index contributed by atoms with van der Waals surface area (Å²) in [6.45, 7) is 7.74. The van der Waals surface area contributed by atoms with Gasteiger partial charge in [-0.15, -0.1) is 0 Å². The number of piperazine rings is 1. The number of hydrogen-bond donors (Lipinski definition) is 1. The summed E-state index contributed by atoms with van der Waals surface area (Å²) < 4.78 is 0. The van der Waals surface area contributed by atoms with Gasteiger partial charge in [0, 0.05) is 78.6 Å². The van der Waals surface area contributed by atoms with E-state index in [0.29, 0.717) is 13.1 Å². The molecular formula is C24H27ClN4O. The zero-order valence-electron chi connectivity index (χ0n) is 17.3. The Balaban J connectivity index is 1.21. The number of nitrogens with zero attached hydrogens (tertiary/aromatic N) is 3. The molecule has 1 N–H and O–H groups in total. The number of nitrogens with one attached hydrogen (secondary N) is 1. The van der Waals surface area contributed by atoms with Gasteiger partial charge in [-0.2, -0.15) is 0 Å². The maximum atomic E-state index is 13.0. The number of benzene rings is 2. The first kappa shape index (κ1) is 19.5. The second-order valence-electron chi connectivity index (χ2n) is 8.44. The number of aromatic amines is 1. The maximum Gasteiger partial charge on any atom is 0.237 e. The molecular weight excluding hydrogens is 396 g/mol. The Morgan fingerprint density at radius 2 is 1.90 bits per heavy atom. The van der Waals surface area contributed by atoms with E-state index in [9.17, 15) is 4.79 Å². The van der Waals surface area contributed by atoms with Gasteiger partial charge in [0.25, 0.3) is 0 Å². The number of hydrogen-bond acceptors (Lipinski definition) is 3. The molecule has 0 spiro atoms. The van der Waals surface area contributed by atoms with Crippen LogP contribution in [0.4, 0.5) is 5.69 Å². The number of carbonyl (C=O) groups is 1. The number of aryl methyl sites for hydroxylation is 1. The normalized spacial score (nSPS) is 17.4. The number of aromatic nitrogens is 1. The summed E-state index contributed by atoms with van der Waals surface area (Å²) in [6, 6.07) is 14.5. The largest absolute Gasteiger partial charge is 0.369 e. The van der Waals surface area contributed by atoms with Crippen LogP contribution >= 0.6 is 11.6 Å². The van der Waals surface area contributed by atoms with Crippen molar-refractivity contribution >= 4 is 34.1 Å². The molecule has 3 heterocycles. The lowest BCUT2D eigenvalue weighted by Crippen LogP contribution is -2.50. The van der Waals surface area contributed by atoms with Crippen molar-refractivity contribution in [2.24, 2.45) is 0 Å². The number of carbonyl (C=O) groups excluding carboxylic acids is 1. The van der Waals surface area contributed by atoms with E-state index in [0.717, 1.165) is 49.9 Å². The predicted molar refractivity (Wildman–Crippen MR) is 122 cm³/mol. The van der Waals surface area contributed by atoms with Gasteiger partial charge in [-0.25, -0.2) is 0 Å². The van der Waals surface area contributed by atoms with E-state index in [-0.39, 0.29) is 5.91 Å². The Morgan fingerprint density at radius 3 is 2.70 bits per heavy atom. The van der Waals surface area contributed by atoms with Gasteiger partial charge in [-0.3, -0.25) is 9.69 Å². The van der Waals surface area contributed by atoms with Crippen molar-refractivity contribution in [3.05, 3.63) is 64.3 Å². The lowest BCUT2D eigenvalue weighted by Gasteiger charge is -2.37. The fraction of sp³-hybridized carbons (Fsp3) is 0.375. The van der Waals surface area contributed by atoms with Crippen molar-refractivity contribution in [3.8, 4) is 0 Å². The molecule has 3 aromatic rings. The van der Waals surface area contributed by atoms with Gasteiger partial charge in [-0.05, 0) is 37.3 Å². The highest BCUT2D eigenvalue weighted by Crippen LogP contribution is 2.28. The number of amides is 1. The standard InChI is InChI=1S/C24H27ClN4O/c1-17-5-6-22-20(13-17)21-15-29(8-7-23(21)26-22)24(30)16-27-9-11-28(12-10-27)19-4-2-3-18(25)14-19/h2-6,13-14,26H,7-12,15-16H2,1H3. The summed E-state index contributed by atoms with van der Waals surface area (Å²) in [5.41, 5.74) is 6.17. The van der Waals surface area contributed by atoms with E-state index < -0.39 is 0 Å². The fourth-order valence-electron chi connectivity index (χ4n) is 4.67. The summed E-state index contributed by atoms with van der Waals surface area (Å²) in [4.78, 5) is 23.2. The Kier molecular flexibility index (Phi) is 5.17. The number of fused-ring (bicyclic) bond motifs is 3. The molecule has 2 aromatic carbocycles. The summed E-state index contributed by atoms with van der Waals surface area (Å²) in [5.74, 6) is 0.235. The van der Waals surface area contributed by atoms with Crippen LogP contribution in [0, 0.1) is 6.92 Å². The number of anilines is 1. The van der Waals surface area contributed by atoms with Crippen molar-refractivity contribution < 1.29 is 4.79 Å². The molecule has 30 heavy (non-hydrogen) atoms. The minimum atomic E-state index is 0.235. The van der Waals surface area contributed by atoms with Gasteiger partial charge in [-0.1, -0.05) is 29.3 Å². The van der Waals surface area contributed by atoms with E-state index in [1.807, 2.05) is 23.1 Å². The monoisotopic (exact) mass is 422 g/mol. The van der Waals surface area contributed by atoms with Crippen molar-refractivity contribution in [1.82, 2.24) is 14.8 Å². The van der Waals surface area contributed by atoms with Crippen molar-refractivity contribution in [2.45, 2.75) is 19.9 Å². The van der Waals surface area contributed by atoms with Crippen molar-refractivity contribution in [1.29, 1.82) is 0 Å². The number of halogens is 1. The minimum Gasteiger partial charge on any atom is -0.369 e. The third-order valence-corrected chi connectivity index (χ3v) is 6.62. The van der Waals surface area contributed by atoms with Crippen LogP contribution in [0.25, 0.3) is 10.9 Å². The van der Waals surface area contributed by atoms with Gasteiger partial charge in [0.1, 0.15) is 0 Å². The average Bonchev–Trinajstić information content (AvgIpc) is 3.11. The highest BCUT2D eigenvalue weighted by molar-refractivity contribution is 6.30. The summed E-state index contributed by atoms with van der Waals surface area (Å²) in [7, 11) is 0. The van der Waals surface area contributed by atoms with Gasteiger partial charge in [0.2, 0.25) is 5.91 Å². The van der Waals surface area contributed by atoms with Gasteiger partial charge < -0.3 is 14.8 Å². The smallest absolute Gasteiger partial charge is 0.237 e. The Labute approximate surface area is 182 Å². The van der Waals surface area contributed by atoms with Gasteiger partial charge in [0.15, 0.2) is 0 Å². The molecule has 1 fully saturated rings. The first-order valence-electron chi connectivity index (χ1n) is 10.7. The van der Waals surface area contributed by atoms with E-state index in [1.54, 1.807) is 0 Å². The Hall–Kier alpha value is -2.50. The topological polar surface area (TPSA) is 42.6 Å². The summed E-state index contributed by atoms with van der Waals surface area (Å²) >= 11 is 6.13. The lowest BCUT2D eigenvalue weighted by atomic mass is 10.0. The Bertz CT molecular complexity index is 1080. The molecule has 1 amide bonds. The molecule has 2 aliphatic rings.